The second-order valence-electron chi connectivity index (χ2n) is 5.14. The quantitative estimate of drug-likeness (QED) is 0.821. The van der Waals surface area contributed by atoms with Crippen LogP contribution >= 0.6 is 0 Å². The fraction of sp³-hybridized carbons (Fsp3) is 0.467. The molecule has 0 spiro atoms. The number of amides is 2. The summed E-state index contributed by atoms with van der Waals surface area (Å²) in [6.45, 7) is 2.80. The van der Waals surface area contributed by atoms with Crippen LogP contribution in [0.1, 0.15) is 11.6 Å². The summed E-state index contributed by atoms with van der Waals surface area (Å²) in [5.74, 6) is 0. The highest BCUT2D eigenvalue weighted by molar-refractivity contribution is 5.73. The molecule has 5 heteroatoms. The Balaban J connectivity index is 1.99. The van der Waals surface area contributed by atoms with E-state index in [9.17, 15) is 10.1 Å². The molecule has 1 atom stereocenters. The maximum absolute atomic E-state index is 11.9. The van der Waals surface area contributed by atoms with Gasteiger partial charge in [-0.3, -0.25) is 4.90 Å². The Hall–Kier alpha value is -2.06. The SMILES string of the molecule is CN(C)C(=O)N1CCN([C@@H](C#N)c2ccccc2)CC1. The van der Waals surface area contributed by atoms with Crippen molar-refractivity contribution in [1.29, 1.82) is 5.26 Å². The highest BCUT2D eigenvalue weighted by atomic mass is 16.2. The Morgan fingerprint density at radius 2 is 1.80 bits per heavy atom. The van der Waals surface area contributed by atoms with Crippen molar-refractivity contribution in [2.45, 2.75) is 6.04 Å². The molecule has 0 saturated carbocycles. The van der Waals surface area contributed by atoms with Crippen LogP contribution in [0.5, 0.6) is 0 Å². The summed E-state index contributed by atoms with van der Waals surface area (Å²) in [5.41, 5.74) is 1.02. The van der Waals surface area contributed by atoms with Crippen LogP contribution in [-0.2, 0) is 0 Å². The molecule has 2 rings (SSSR count). The highest BCUT2D eigenvalue weighted by Crippen LogP contribution is 2.21. The standard InChI is InChI=1S/C15H20N4O/c1-17(2)15(20)19-10-8-18(9-11-19)14(12-16)13-6-4-3-5-7-13/h3-7,14H,8-11H2,1-2H3/t14-/m0/s1. The topological polar surface area (TPSA) is 50.6 Å². The Kier molecular flexibility index (Phi) is 4.59. The minimum Gasteiger partial charge on any atom is -0.331 e. The Morgan fingerprint density at radius 3 is 2.30 bits per heavy atom. The fourth-order valence-corrected chi connectivity index (χ4v) is 2.46. The first kappa shape index (κ1) is 14.4. The number of carbonyl (C=O) groups is 1. The van der Waals surface area contributed by atoms with Crippen LogP contribution in [-0.4, -0.2) is 61.0 Å². The number of nitriles is 1. The number of nitrogens with zero attached hydrogens (tertiary/aromatic N) is 4. The molecule has 1 aliphatic heterocycles. The molecular formula is C15H20N4O. The van der Waals surface area contributed by atoms with Crippen molar-refractivity contribution in [3.05, 3.63) is 35.9 Å². The van der Waals surface area contributed by atoms with Gasteiger partial charge in [-0.1, -0.05) is 30.3 Å². The van der Waals surface area contributed by atoms with Gasteiger partial charge in [-0.2, -0.15) is 5.26 Å². The number of piperazine rings is 1. The normalized spacial score (nSPS) is 17.4. The van der Waals surface area contributed by atoms with Crippen molar-refractivity contribution in [2.75, 3.05) is 40.3 Å². The van der Waals surface area contributed by atoms with Gasteiger partial charge in [0.05, 0.1) is 6.07 Å². The molecule has 0 unspecified atom stereocenters. The molecule has 1 aromatic rings. The van der Waals surface area contributed by atoms with Crippen LogP contribution in [0.25, 0.3) is 0 Å². The van der Waals surface area contributed by atoms with E-state index in [-0.39, 0.29) is 12.1 Å². The Morgan fingerprint density at radius 1 is 1.20 bits per heavy atom. The number of hydrogen-bond donors (Lipinski definition) is 0. The lowest BCUT2D eigenvalue weighted by atomic mass is 10.1. The van der Waals surface area contributed by atoms with Gasteiger partial charge in [0.1, 0.15) is 6.04 Å². The first-order chi connectivity index (χ1) is 9.63. The van der Waals surface area contributed by atoms with Crippen LogP contribution in [0.3, 0.4) is 0 Å². The molecule has 1 aliphatic rings. The number of carbonyl (C=O) groups excluding carboxylic acids is 1. The average molecular weight is 272 g/mol. The van der Waals surface area contributed by atoms with Gasteiger partial charge < -0.3 is 9.80 Å². The first-order valence-corrected chi connectivity index (χ1v) is 6.78. The summed E-state index contributed by atoms with van der Waals surface area (Å²) in [6, 6.07) is 12.0. The molecule has 5 nitrogen and oxygen atoms in total. The predicted molar refractivity (Wildman–Crippen MR) is 77.0 cm³/mol. The molecule has 1 saturated heterocycles. The third kappa shape index (κ3) is 3.09. The van der Waals surface area contributed by atoms with Crippen molar-refractivity contribution >= 4 is 6.03 Å². The third-order valence-electron chi connectivity index (χ3n) is 3.57. The smallest absolute Gasteiger partial charge is 0.319 e. The summed E-state index contributed by atoms with van der Waals surface area (Å²) >= 11 is 0. The van der Waals surface area contributed by atoms with Crippen molar-refractivity contribution in [2.24, 2.45) is 0 Å². The molecule has 20 heavy (non-hydrogen) atoms. The maximum Gasteiger partial charge on any atom is 0.319 e. The van der Waals surface area contributed by atoms with E-state index < -0.39 is 0 Å². The number of urea groups is 1. The minimum absolute atomic E-state index is 0.0397. The zero-order chi connectivity index (χ0) is 14.5. The number of hydrogen-bond acceptors (Lipinski definition) is 3. The molecule has 0 bridgehead atoms. The minimum atomic E-state index is -0.229. The van der Waals surface area contributed by atoms with E-state index in [2.05, 4.69) is 11.0 Å². The van der Waals surface area contributed by atoms with Gasteiger partial charge in [-0.05, 0) is 5.56 Å². The molecule has 1 aromatic carbocycles. The van der Waals surface area contributed by atoms with Crippen molar-refractivity contribution in [3.63, 3.8) is 0 Å². The zero-order valence-corrected chi connectivity index (χ0v) is 12.0. The van der Waals surface area contributed by atoms with Crippen molar-refractivity contribution in [3.8, 4) is 6.07 Å². The average Bonchev–Trinajstić information content (AvgIpc) is 2.49. The lowest BCUT2D eigenvalue weighted by molar-refractivity contribution is 0.111. The van der Waals surface area contributed by atoms with E-state index in [1.807, 2.05) is 35.2 Å². The molecule has 0 N–H and O–H groups in total. The van der Waals surface area contributed by atoms with Crippen molar-refractivity contribution in [1.82, 2.24) is 14.7 Å². The van der Waals surface area contributed by atoms with E-state index in [4.69, 9.17) is 0 Å². The van der Waals surface area contributed by atoms with Gasteiger partial charge in [0.15, 0.2) is 0 Å². The van der Waals surface area contributed by atoms with E-state index >= 15 is 0 Å². The lowest BCUT2D eigenvalue weighted by Gasteiger charge is -2.37. The Bertz CT molecular complexity index is 486. The van der Waals surface area contributed by atoms with Gasteiger partial charge in [0.2, 0.25) is 0 Å². The summed E-state index contributed by atoms with van der Waals surface area (Å²) in [4.78, 5) is 17.4. The number of benzene rings is 1. The van der Waals surface area contributed by atoms with Crippen molar-refractivity contribution < 1.29 is 4.79 Å². The molecule has 1 fully saturated rings. The summed E-state index contributed by atoms with van der Waals surface area (Å²) < 4.78 is 0. The predicted octanol–water partition coefficient (Wildman–Crippen LogP) is 1.55. The van der Waals surface area contributed by atoms with Gasteiger partial charge in [0.25, 0.3) is 0 Å². The lowest BCUT2D eigenvalue weighted by Crippen LogP contribution is -2.52. The van der Waals surface area contributed by atoms with Gasteiger partial charge in [-0.25, -0.2) is 4.79 Å². The van der Waals surface area contributed by atoms with Crippen LogP contribution in [0.4, 0.5) is 4.79 Å². The maximum atomic E-state index is 11.9. The van der Waals surface area contributed by atoms with E-state index in [0.717, 1.165) is 18.7 Å². The molecule has 0 aromatic heterocycles. The zero-order valence-electron chi connectivity index (χ0n) is 12.0. The largest absolute Gasteiger partial charge is 0.331 e. The second-order valence-corrected chi connectivity index (χ2v) is 5.14. The van der Waals surface area contributed by atoms with Crippen LogP contribution in [0.2, 0.25) is 0 Å². The fourth-order valence-electron chi connectivity index (χ4n) is 2.46. The Labute approximate surface area is 120 Å². The summed E-state index contributed by atoms with van der Waals surface area (Å²) in [6.07, 6.45) is 0. The molecule has 1 heterocycles. The van der Waals surface area contributed by atoms with Gasteiger partial charge >= 0.3 is 6.03 Å². The van der Waals surface area contributed by atoms with E-state index in [0.29, 0.717) is 13.1 Å². The molecule has 106 valence electrons. The van der Waals surface area contributed by atoms with Crippen LogP contribution in [0, 0.1) is 11.3 Å². The monoisotopic (exact) mass is 272 g/mol. The van der Waals surface area contributed by atoms with Gasteiger partial charge in [-0.15, -0.1) is 0 Å². The summed E-state index contributed by atoms with van der Waals surface area (Å²) in [7, 11) is 3.52. The summed E-state index contributed by atoms with van der Waals surface area (Å²) in [5, 5.41) is 9.41. The van der Waals surface area contributed by atoms with Crippen LogP contribution < -0.4 is 0 Å². The molecule has 0 aliphatic carbocycles. The highest BCUT2D eigenvalue weighted by Gasteiger charge is 2.27. The van der Waals surface area contributed by atoms with Gasteiger partial charge in [0, 0.05) is 40.3 Å². The van der Waals surface area contributed by atoms with Crippen LogP contribution in [0.15, 0.2) is 30.3 Å². The van der Waals surface area contributed by atoms with E-state index in [1.165, 1.54) is 0 Å². The molecule has 0 radical (unpaired) electrons. The molecular weight excluding hydrogens is 252 g/mol. The molecule has 2 amide bonds. The number of rotatable bonds is 2. The third-order valence-corrected chi connectivity index (χ3v) is 3.57. The first-order valence-electron chi connectivity index (χ1n) is 6.78. The second kappa shape index (κ2) is 6.40. The van der Waals surface area contributed by atoms with E-state index in [1.54, 1.807) is 19.0 Å².